The summed E-state index contributed by atoms with van der Waals surface area (Å²) in [6.07, 6.45) is 3.23. The van der Waals surface area contributed by atoms with Gasteiger partial charge in [-0.05, 0) is 88.6 Å². The maximum absolute atomic E-state index is 13.3. The van der Waals surface area contributed by atoms with E-state index in [2.05, 4.69) is 20.9 Å². The summed E-state index contributed by atoms with van der Waals surface area (Å²) in [4.78, 5) is 55.0. The molecule has 15 nitrogen and oxygen atoms in total. The second-order valence-corrected chi connectivity index (χ2v) is 10.0. The second-order valence-electron chi connectivity index (χ2n) is 10.0. The van der Waals surface area contributed by atoms with Crippen molar-refractivity contribution >= 4 is 29.7 Å². The zero-order chi connectivity index (χ0) is 31.5. The molecule has 0 radical (unpaired) electrons. The Morgan fingerprint density at radius 3 is 1.69 bits per heavy atom. The third kappa shape index (κ3) is 14.6. The molecule has 0 fully saturated rings. The van der Waals surface area contributed by atoms with Crippen molar-refractivity contribution in [2.24, 2.45) is 33.7 Å². The summed E-state index contributed by atoms with van der Waals surface area (Å²) in [6.45, 7) is 0.964. The lowest BCUT2D eigenvalue weighted by atomic mass is 10.0. The number of nitrogens with zero attached hydrogens (tertiary/aromatic N) is 1. The molecule has 0 saturated carbocycles. The van der Waals surface area contributed by atoms with Crippen LogP contribution in [0.15, 0.2) is 29.3 Å². The average Bonchev–Trinajstić information content (AvgIpc) is 2.94. The van der Waals surface area contributed by atoms with Crippen molar-refractivity contribution in [2.45, 2.75) is 82.0 Å². The number of nitrogens with one attached hydrogen (secondary N) is 3. The molecule has 15 N–H and O–H groups in total. The SMILES string of the molecule is NCCCCC(NC(=O)C(N)Cc1ccc(O)cc1)C(=O)NC(CCCCN)C(=O)NC(CCCN=C(N)N)C(=O)O. The van der Waals surface area contributed by atoms with Crippen LogP contribution in [-0.4, -0.2) is 83.7 Å². The molecule has 1 rings (SSSR count). The van der Waals surface area contributed by atoms with Crippen LogP contribution < -0.4 is 44.6 Å². The summed E-state index contributed by atoms with van der Waals surface area (Å²) in [5.74, 6) is -3.13. The first-order valence-corrected chi connectivity index (χ1v) is 14.1. The molecule has 0 aliphatic rings. The standard InChI is InChI=1S/C27H47N9O6/c28-13-3-1-6-20(34-23(38)19(30)16-17-9-11-18(37)12-10-17)24(39)35-21(7-2-4-14-29)25(40)36-22(26(41)42)8-5-15-33-27(31)32/h9-12,19-22,37H,1-8,13-16,28-30H2,(H,34,38)(H,35,39)(H,36,40)(H,41,42)(H4,31,32,33). The number of phenolic OH excluding ortho intramolecular Hbond substituents is 1. The Morgan fingerprint density at radius 2 is 1.21 bits per heavy atom. The smallest absolute Gasteiger partial charge is 0.326 e. The number of aromatic hydroxyl groups is 1. The summed E-state index contributed by atoms with van der Waals surface area (Å²) >= 11 is 0. The maximum atomic E-state index is 13.3. The number of aliphatic imine (C=N–C) groups is 1. The molecule has 15 heteroatoms. The van der Waals surface area contributed by atoms with Crippen LogP contribution >= 0.6 is 0 Å². The van der Waals surface area contributed by atoms with Crippen LogP contribution in [0.5, 0.6) is 5.75 Å². The molecule has 3 amide bonds. The first kappa shape index (κ1) is 36.1. The number of phenols is 1. The van der Waals surface area contributed by atoms with Crippen LogP contribution in [0, 0.1) is 0 Å². The van der Waals surface area contributed by atoms with Crippen molar-refractivity contribution in [2.75, 3.05) is 19.6 Å². The number of amides is 3. The molecule has 1 aromatic rings. The van der Waals surface area contributed by atoms with Gasteiger partial charge < -0.3 is 54.8 Å². The molecule has 0 aromatic heterocycles. The van der Waals surface area contributed by atoms with Crippen molar-refractivity contribution in [3.63, 3.8) is 0 Å². The summed E-state index contributed by atoms with van der Waals surface area (Å²) in [5.41, 5.74) is 28.6. The average molecular weight is 594 g/mol. The summed E-state index contributed by atoms with van der Waals surface area (Å²) in [5, 5.41) is 26.9. The third-order valence-electron chi connectivity index (χ3n) is 6.45. The Bertz CT molecular complexity index is 1020. The van der Waals surface area contributed by atoms with Crippen molar-refractivity contribution in [3.8, 4) is 5.75 Å². The van der Waals surface area contributed by atoms with Crippen molar-refractivity contribution in [3.05, 3.63) is 29.8 Å². The number of rotatable bonds is 21. The molecule has 0 heterocycles. The van der Waals surface area contributed by atoms with Crippen LogP contribution in [-0.2, 0) is 25.6 Å². The Hall–Kier alpha value is -3.95. The van der Waals surface area contributed by atoms with Gasteiger partial charge in [0.2, 0.25) is 17.7 Å². The van der Waals surface area contributed by atoms with E-state index in [1.165, 1.54) is 12.1 Å². The molecule has 0 aliphatic heterocycles. The lowest BCUT2D eigenvalue weighted by molar-refractivity contribution is -0.142. The quantitative estimate of drug-likeness (QED) is 0.0427. The molecule has 4 atom stereocenters. The van der Waals surface area contributed by atoms with E-state index in [1.54, 1.807) is 12.1 Å². The minimum absolute atomic E-state index is 0.0675. The lowest BCUT2D eigenvalue weighted by Crippen LogP contribution is -2.57. The molecule has 236 valence electrons. The van der Waals surface area contributed by atoms with Gasteiger partial charge in [-0.2, -0.15) is 0 Å². The fourth-order valence-corrected chi connectivity index (χ4v) is 4.09. The van der Waals surface area contributed by atoms with Gasteiger partial charge in [-0.3, -0.25) is 19.4 Å². The number of hydrogen-bond acceptors (Lipinski definition) is 9. The van der Waals surface area contributed by atoms with Crippen LogP contribution in [0.1, 0.15) is 56.9 Å². The van der Waals surface area contributed by atoms with E-state index in [0.717, 1.165) is 5.56 Å². The number of nitrogens with two attached hydrogens (primary N) is 5. The van der Waals surface area contributed by atoms with E-state index in [-0.39, 0.29) is 43.9 Å². The van der Waals surface area contributed by atoms with E-state index >= 15 is 0 Å². The molecule has 0 saturated heterocycles. The van der Waals surface area contributed by atoms with Crippen LogP contribution in [0.2, 0.25) is 0 Å². The molecule has 0 bridgehead atoms. The van der Waals surface area contributed by atoms with Crippen LogP contribution in [0.4, 0.5) is 0 Å². The highest BCUT2D eigenvalue weighted by atomic mass is 16.4. The monoisotopic (exact) mass is 593 g/mol. The Morgan fingerprint density at radius 1 is 0.738 bits per heavy atom. The molecule has 1 aromatic carbocycles. The van der Waals surface area contributed by atoms with Crippen molar-refractivity contribution in [1.82, 2.24) is 16.0 Å². The van der Waals surface area contributed by atoms with Gasteiger partial charge in [0.05, 0.1) is 6.04 Å². The van der Waals surface area contributed by atoms with Gasteiger partial charge in [0.25, 0.3) is 0 Å². The molecular formula is C27H47N9O6. The van der Waals surface area contributed by atoms with E-state index in [4.69, 9.17) is 28.7 Å². The fourth-order valence-electron chi connectivity index (χ4n) is 4.09. The molecule has 0 aliphatic carbocycles. The maximum Gasteiger partial charge on any atom is 0.326 e. The molecule has 0 spiro atoms. The fraction of sp³-hybridized carbons (Fsp3) is 0.593. The van der Waals surface area contributed by atoms with E-state index in [1.807, 2.05) is 0 Å². The van der Waals surface area contributed by atoms with Gasteiger partial charge in [0.15, 0.2) is 5.96 Å². The van der Waals surface area contributed by atoms with Gasteiger partial charge in [-0.25, -0.2) is 4.79 Å². The topological polar surface area (TPSA) is 287 Å². The predicted octanol–water partition coefficient (Wildman–Crippen LogP) is -1.89. The number of hydrogen-bond donors (Lipinski definition) is 10. The van der Waals surface area contributed by atoms with Crippen molar-refractivity contribution < 1.29 is 29.4 Å². The highest BCUT2D eigenvalue weighted by molar-refractivity contribution is 5.94. The summed E-state index contributed by atoms with van der Waals surface area (Å²) in [6, 6.07) is 1.98. The lowest BCUT2D eigenvalue weighted by Gasteiger charge is -2.25. The van der Waals surface area contributed by atoms with Crippen LogP contribution in [0.3, 0.4) is 0 Å². The van der Waals surface area contributed by atoms with E-state index < -0.39 is 47.9 Å². The van der Waals surface area contributed by atoms with Crippen molar-refractivity contribution in [1.29, 1.82) is 0 Å². The molecule has 42 heavy (non-hydrogen) atoms. The molecular weight excluding hydrogens is 546 g/mol. The number of carbonyl (C=O) groups is 4. The molecule has 4 unspecified atom stereocenters. The van der Waals surface area contributed by atoms with Gasteiger partial charge in [-0.15, -0.1) is 0 Å². The minimum atomic E-state index is -1.24. The number of aliphatic carboxylic acids is 1. The number of unbranched alkanes of at least 4 members (excludes halogenated alkanes) is 2. The Balaban J connectivity index is 2.97. The number of guanidine groups is 1. The van der Waals surface area contributed by atoms with Crippen LogP contribution in [0.25, 0.3) is 0 Å². The normalized spacial score (nSPS) is 13.7. The van der Waals surface area contributed by atoms with Gasteiger partial charge in [-0.1, -0.05) is 12.1 Å². The summed E-state index contributed by atoms with van der Waals surface area (Å²) in [7, 11) is 0. The highest BCUT2D eigenvalue weighted by Crippen LogP contribution is 2.12. The third-order valence-corrected chi connectivity index (χ3v) is 6.45. The van der Waals surface area contributed by atoms with E-state index in [0.29, 0.717) is 45.2 Å². The highest BCUT2D eigenvalue weighted by Gasteiger charge is 2.30. The summed E-state index contributed by atoms with van der Waals surface area (Å²) < 4.78 is 0. The largest absolute Gasteiger partial charge is 0.508 e. The van der Waals surface area contributed by atoms with E-state index in [9.17, 15) is 29.4 Å². The Labute approximate surface area is 246 Å². The number of carbonyl (C=O) groups excluding carboxylic acids is 3. The van der Waals surface area contributed by atoms with Gasteiger partial charge in [0, 0.05) is 6.54 Å². The zero-order valence-electron chi connectivity index (χ0n) is 24.0. The number of benzene rings is 1. The second kappa shape index (κ2) is 20.0. The Kier molecular flexibility index (Phi) is 17.2. The first-order valence-electron chi connectivity index (χ1n) is 14.1. The van der Waals surface area contributed by atoms with Gasteiger partial charge >= 0.3 is 5.97 Å². The first-order chi connectivity index (χ1) is 20.0. The minimum Gasteiger partial charge on any atom is -0.508 e. The predicted molar refractivity (Wildman–Crippen MR) is 159 cm³/mol. The zero-order valence-corrected chi connectivity index (χ0v) is 24.0. The van der Waals surface area contributed by atoms with Gasteiger partial charge in [0.1, 0.15) is 23.9 Å². The number of carboxylic acid groups (broad SMARTS) is 1. The number of carboxylic acids is 1.